The Morgan fingerprint density at radius 3 is 1.00 bits per heavy atom. The highest BCUT2D eigenvalue weighted by molar-refractivity contribution is 4.59. The summed E-state index contributed by atoms with van der Waals surface area (Å²) in [6.45, 7) is 5.28. The van der Waals surface area contributed by atoms with Gasteiger partial charge in [-0.2, -0.15) is 0 Å². The highest BCUT2D eigenvalue weighted by atomic mass is 15.1. The number of hydrogen-bond donors (Lipinski definition) is 0. The minimum atomic E-state index is 0. The zero-order valence-electron chi connectivity index (χ0n) is 9.26. The summed E-state index contributed by atoms with van der Waals surface area (Å²) in [5, 5.41) is 0. The van der Waals surface area contributed by atoms with Crippen LogP contribution in [0.1, 0.15) is 39.5 Å². The molecule has 0 spiro atoms. The topological polar surface area (TPSA) is 6.48 Å². The molecule has 2 heteroatoms. The van der Waals surface area contributed by atoms with Crippen molar-refractivity contribution in [2.24, 2.45) is 0 Å². The van der Waals surface area contributed by atoms with Crippen LogP contribution in [0.4, 0.5) is 0 Å². The standard InChI is InChI=1S/C6H13N.C5H11N.CH4/c1-7-5-3-2-4-6-7;1-6-4-2-3-5-6;/h2-6H2,1H3;2-5H2,1H3;1H4. The molecular weight excluding hydrogens is 172 g/mol. The fourth-order valence-corrected chi connectivity index (χ4v) is 1.93. The van der Waals surface area contributed by atoms with Gasteiger partial charge in [-0.3, -0.25) is 0 Å². The molecule has 2 fully saturated rings. The van der Waals surface area contributed by atoms with Crippen molar-refractivity contribution in [3.05, 3.63) is 0 Å². The maximum Gasteiger partial charge on any atom is -0.00213 e. The Bertz CT molecular complexity index is 113. The molecule has 0 amide bonds. The van der Waals surface area contributed by atoms with Gasteiger partial charge in [0.15, 0.2) is 0 Å². The summed E-state index contributed by atoms with van der Waals surface area (Å²) in [6.07, 6.45) is 7.10. The van der Waals surface area contributed by atoms with Crippen molar-refractivity contribution in [1.29, 1.82) is 0 Å². The van der Waals surface area contributed by atoms with Crippen LogP contribution in [0, 0.1) is 0 Å². The van der Waals surface area contributed by atoms with E-state index in [2.05, 4.69) is 23.9 Å². The first-order valence-electron chi connectivity index (χ1n) is 5.66. The van der Waals surface area contributed by atoms with Crippen LogP contribution in [0.2, 0.25) is 0 Å². The molecule has 2 nitrogen and oxygen atoms in total. The molecule has 0 aliphatic carbocycles. The van der Waals surface area contributed by atoms with Crippen LogP contribution in [0.25, 0.3) is 0 Å². The van der Waals surface area contributed by atoms with Gasteiger partial charge in [0.1, 0.15) is 0 Å². The molecule has 2 heterocycles. The van der Waals surface area contributed by atoms with Gasteiger partial charge in [-0.15, -0.1) is 0 Å². The fraction of sp³-hybridized carbons (Fsp3) is 1.00. The third kappa shape index (κ3) is 6.39. The van der Waals surface area contributed by atoms with Crippen LogP contribution in [-0.4, -0.2) is 50.1 Å². The number of likely N-dealkylation sites (tertiary alicyclic amines) is 2. The van der Waals surface area contributed by atoms with E-state index in [4.69, 9.17) is 0 Å². The number of rotatable bonds is 0. The smallest absolute Gasteiger partial charge is 0.00213 e. The van der Waals surface area contributed by atoms with Crippen LogP contribution in [0.15, 0.2) is 0 Å². The van der Waals surface area contributed by atoms with Crippen LogP contribution >= 0.6 is 0 Å². The maximum absolute atomic E-state index is 2.39. The Morgan fingerprint density at radius 2 is 0.857 bits per heavy atom. The van der Waals surface area contributed by atoms with E-state index < -0.39 is 0 Å². The van der Waals surface area contributed by atoms with Gasteiger partial charge in [0.25, 0.3) is 0 Å². The van der Waals surface area contributed by atoms with E-state index in [9.17, 15) is 0 Å². The summed E-state index contributed by atoms with van der Waals surface area (Å²) in [4.78, 5) is 4.75. The molecule has 0 saturated carbocycles. The van der Waals surface area contributed by atoms with Crippen molar-refractivity contribution in [2.75, 3.05) is 40.3 Å². The Kier molecular flexibility index (Phi) is 8.20. The van der Waals surface area contributed by atoms with E-state index in [1.165, 1.54) is 58.3 Å². The average molecular weight is 200 g/mol. The number of hydrogen-bond acceptors (Lipinski definition) is 2. The summed E-state index contributed by atoms with van der Waals surface area (Å²) >= 11 is 0. The first-order chi connectivity index (χ1) is 6.29. The summed E-state index contributed by atoms with van der Waals surface area (Å²) in [6, 6.07) is 0. The lowest BCUT2D eigenvalue weighted by Gasteiger charge is -2.20. The molecule has 2 aliphatic heterocycles. The van der Waals surface area contributed by atoms with Crippen molar-refractivity contribution in [3.63, 3.8) is 0 Å². The first-order valence-corrected chi connectivity index (χ1v) is 5.66. The Hall–Kier alpha value is -0.0800. The predicted molar refractivity (Wildman–Crippen MR) is 64.8 cm³/mol. The second-order valence-electron chi connectivity index (χ2n) is 4.37. The van der Waals surface area contributed by atoms with Gasteiger partial charge < -0.3 is 9.80 Å². The van der Waals surface area contributed by atoms with Gasteiger partial charge >= 0.3 is 0 Å². The molecular formula is C12H28N2. The molecule has 2 saturated heterocycles. The largest absolute Gasteiger partial charge is 0.306 e. The summed E-state index contributed by atoms with van der Waals surface area (Å²) in [7, 11) is 4.37. The SMILES string of the molecule is C.CN1CCCC1.CN1CCCCC1. The molecule has 14 heavy (non-hydrogen) atoms. The van der Waals surface area contributed by atoms with Crippen LogP contribution < -0.4 is 0 Å². The van der Waals surface area contributed by atoms with Crippen molar-refractivity contribution < 1.29 is 0 Å². The third-order valence-corrected chi connectivity index (χ3v) is 2.91. The van der Waals surface area contributed by atoms with Crippen LogP contribution in [0.3, 0.4) is 0 Å². The Labute approximate surface area is 90.3 Å². The fourth-order valence-electron chi connectivity index (χ4n) is 1.93. The molecule has 0 aromatic heterocycles. The molecule has 2 aliphatic rings. The second kappa shape index (κ2) is 8.25. The molecule has 0 radical (unpaired) electrons. The zero-order chi connectivity index (χ0) is 9.52. The molecule has 0 aromatic carbocycles. The maximum atomic E-state index is 2.39. The van der Waals surface area contributed by atoms with Crippen molar-refractivity contribution >= 4 is 0 Å². The first kappa shape index (κ1) is 13.9. The van der Waals surface area contributed by atoms with Gasteiger partial charge in [-0.05, 0) is 66.0 Å². The van der Waals surface area contributed by atoms with Gasteiger partial charge in [0.05, 0.1) is 0 Å². The van der Waals surface area contributed by atoms with E-state index >= 15 is 0 Å². The summed E-state index contributed by atoms with van der Waals surface area (Å²) < 4.78 is 0. The van der Waals surface area contributed by atoms with E-state index in [1.807, 2.05) is 0 Å². The van der Waals surface area contributed by atoms with Crippen molar-refractivity contribution in [1.82, 2.24) is 9.80 Å². The van der Waals surface area contributed by atoms with Crippen molar-refractivity contribution in [2.45, 2.75) is 39.5 Å². The highest BCUT2D eigenvalue weighted by Crippen LogP contribution is 2.04. The van der Waals surface area contributed by atoms with E-state index in [-0.39, 0.29) is 7.43 Å². The van der Waals surface area contributed by atoms with Gasteiger partial charge in [0.2, 0.25) is 0 Å². The molecule has 0 atom stereocenters. The van der Waals surface area contributed by atoms with Crippen LogP contribution in [-0.2, 0) is 0 Å². The lowest BCUT2D eigenvalue weighted by atomic mass is 10.1. The van der Waals surface area contributed by atoms with E-state index in [1.54, 1.807) is 0 Å². The molecule has 0 N–H and O–H groups in total. The van der Waals surface area contributed by atoms with E-state index in [0.29, 0.717) is 0 Å². The molecule has 0 aromatic rings. The normalized spacial score (nSPS) is 23.6. The Balaban J connectivity index is 0.000000227. The number of piperidine rings is 1. The lowest BCUT2D eigenvalue weighted by molar-refractivity contribution is 0.277. The predicted octanol–water partition coefficient (Wildman–Crippen LogP) is 2.45. The van der Waals surface area contributed by atoms with Gasteiger partial charge in [0, 0.05) is 0 Å². The molecule has 86 valence electrons. The molecule has 0 bridgehead atoms. The third-order valence-electron chi connectivity index (χ3n) is 2.91. The molecule has 0 unspecified atom stereocenters. The average Bonchev–Trinajstić information content (AvgIpc) is 2.58. The monoisotopic (exact) mass is 200 g/mol. The zero-order valence-corrected chi connectivity index (χ0v) is 9.26. The second-order valence-corrected chi connectivity index (χ2v) is 4.37. The quantitative estimate of drug-likeness (QED) is 0.592. The number of nitrogens with zero attached hydrogens (tertiary/aromatic N) is 2. The van der Waals surface area contributed by atoms with Crippen molar-refractivity contribution in [3.8, 4) is 0 Å². The minimum absolute atomic E-state index is 0. The van der Waals surface area contributed by atoms with Gasteiger partial charge in [-0.25, -0.2) is 0 Å². The Morgan fingerprint density at radius 1 is 0.571 bits per heavy atom. The van der Waals surface area contributed by atoms with Crippen LogP contribution in [0.5, 0.6) is 0 Å². The molecule has 2 rings (SSSR count). The summed E-state index contributed by atoms with van der Waals surface area (Å²) in [5.41, 5.74) is 0. The van der Waals surface area contributed by atoms with Gasteiger partial charge in [-0.1, -0.05) is 13.8 Å². The lowest BCUT2D eigenvalue weighted by Crippen LogP contribution is -2.24. The highest BCUT2D eigenvalue weighted by Gasteiger charge is 2.03. The summed E-state index contributed by atoms with van der Waals surface area (Å²) in [5.74, 6) is 0. The van der Waals surface area contributed by atoms with E-state index in [0.717, 1.165) is 0 Å². The minimum Gasteiger partial charge on any atom is -0.306 e.